The molecule has 2 heteroatoms. The van der Waals surface area contributed by atoms with Crippen molar-refractivity contribution in [3.8, 4) is 0 Å². The van der Waals surface area contributed by atoms with Gasteiger partial charge in [0, 0.05) is 0 Å². The molecule has 0 aliphatic heterocycles. The van der Waals surface area contributed by atoms with Crippen LogP contribution in [0.5, 0.6) is 0 Å². The van der Waals surface area contributed by atoms with Gasteiger partial charge in [0.2, 0.25) is 0 Å². The molecule has 0 atom stereocenters. The zero-order valence-corrected chi connectivity index (χ0v) is 16.8. The lowest BCUT2D eigenvalue weighted by Gasteiger charge is -2.06. The van der Waals surface area contributed by atoms with E-state index in [-0.39, 0.29) is 0 Å². The third-order valence-electron chi connectivity index (χ3n) is 5.63. The zero-order chi connectivity index (χ0) is 21.2. The smallest absolute Gasteiger partial charge is 0.336 e. The summed E-state index contributed by atoms with van der Waals surface area (Å²) < 4.78 is 0. The van der Waals surface area contributed by atoms with Gasteiger partial charge in [-0.05, 0) is 61.3 Å². The molecule has 0 amide bonds. The van der Waals surface area contributed by atoms with E-state index < -0.39 is 5.97 Å². The summed E-state index contributed by atoms with van der Waals surface area (Å²) in [7, 11) is 0. The van der Waals surface area contributed by atoms with E-state index in [4.69, 9.17) is 5.11 Å². The number of hydrogen-bond acceptors (Lipinski definition) is 1. The number of carboxylic acid groups (broad SMARTS) is 1. The number of benzene rings is 6. The van der Waals surface area contributed by atoms with Crippen LogP contribution in [0.25, 0.3) is 43.1 Å². The Kier molecular flexibility index (Phi) is 4.81. The fourth-order valence-corrected chi connectivity index (χ4v) is 4.11. The molecule has 6 aromatic rings. The summed E-state index contributed by atoms with van der Waals surface area (Å²) in [5.41, 5.74) is 0.355. The highest BCUT2D eigenvalue weighted by atomic mass is 16.4. The van der Waals surface area contributed by atoms with E-state index in [2.05, 4.69) is 60.7 Å². The summed E-state index contributed by atoms with van der Waals surface area (Å²) in [6.07, 6.45) is 0. The number of hydrogen-bond donors (Lipinski definition) is 1. The summed E-state index contributed by atoms with van der Waals surface area (Å²) in [5.74, 6) is -0.883. The van der Waals surface area contributed by atoms with Gasteiger partial charge in [0.1, 0.15) is 0 Å². The molecule has 6 rings (SSSR count). The Morgan fingerprint density at radius 1 is 0.452 bits per heavy atom. The topological polar surface area (TPSA) is 37.3 Å². The number of fused-ring (bicyclic) bond motifs is 5. The maximum absolute atomic E-state index is 11.2. The summed E-state index contributed by atoms with van der Waals surface area (Å²) in [4.78, 5) is 11.2. The van der Waals surface area contributed by atoms with Gasteiger partial charge in [-0.3, -0.25) is 0 Å². The molecular weight excluding hydrogens is 380 g/mol. The van der Waals surface area contributed by atoms with Crippen molar-refractivity contribution in [1.29, 1.82) is 0 Å². The molecule has 0 spiro atoms. The fraction of sp³-hybridized carbons (Fsp3) is 0. The van der Waals surface area contributed by atoms with Crippen LogP contribution in [-0.4, -0.2) is 11.1 Å². The van der Waals surface area contributed by atoms with Crippen LogP contribution in [0.4, 0.5) is 0 Å². The molecule has 0 saturated carbocycles. The van der Waals surface area contributed by atoms with E-state index in [0.29, 0.717) is 5.56 Å². The second-order valence-electron chi connectivity index (χ2n) is 7.54. The molecule has 0 unspecified atom stereocenters. The van der Waals surface area contributed by atoms with Crippen LogP contribution in [0.15, 0.2) is 115 Å². The minimum atomic E-state index is -0.883. The van der Waals surface area contributed by atoms with E-state index in [1.165, 1.54) is 21.5 Å². The number of aromatic carboxylic acids is 1. The van der Waals surface area contributed by atoms with Crippen LogP contribution in [-0.2, 0) is 0 Å². The number of carbonyl (C=O) groups is 1. The predicted octanol–water partition coefficient (Wildman–Crippen LogP) is 7.68. The molecule has 6 aromatic carbocycles. The van der Waals surface area contributed by atoms with Gasteiger partial charge in [-0.1, -0.05) is 97.1 Å². The highest BCUT2D eigenvalue weighted by molar-refractivity contribution is 6.13. The van der Waals surface area contributed by atoms with E-state index in [1.54, 1.807) is 12.1 Å². The first-order chi connectivity index (χ1) is 15.2. The zero-order valence-electron chi connectivity index (χ0n) is 16.8. The average Bonchev–Trinajstić information content (AvgIpc) is 2.82. The van der Waals surface area contributed by atoms with E-state index in [0.717, 1.165) is 21.5 Å². The molecule has 0 fully saturated rings. The second-order valence-corrected chi connectivity index (χ2v) is 7.54. The molecule has 0 radical (unpaired) electrons. The molecular formula is C29H20O2. The van der Waals surface area contributed by atoms with Gasteiger partial charge in [0.15, 0.2) is 0 Å². The summed E-state index contributed by atoms with van der Waals surface area (Å²) in [6, 6.07) is 38.6. The van der Waals surface area contributed by atoms with Crippen LogP contribution >= 0.6 is 0 Å². The standard InChI is InChI=1S/C15H10O2.C14H10/c16-15(17)14-7-3-6-12-11-5-2-1-4-10(11)8-9-13(12)14;1-2-6-12-10-14-8-4-3-7-13(14)9-11(12)5-1/h1-9H,(H,16,17);1-10H. The minimum Gasteiger partial charge on any atom is -0.478 e. The summed E-state index contributed by atoms with van der Waals surface area (Å²) in [5, 5.41) is 18.4. The molecule has 0 aliphatic rings. The van der Waals surface area contributed by atoms with Gasteiger partial charge >= 0.3 is 5.97 Å². The molecule has 0 aliphatic carbocycles. The van der Waals surface area contributed by atoms with Crippen LogP contribution in [0.2, 0.25) is 0 Å². The van der Waals surface area contributed by atoms with E-state index >= 15 is 0 Å². The molecule has 31 heavy (non-hydrogen) atoms. The largest absolute Gasteiger partial charge is 0.478 e. The van der Waals surface area contributed by atoms with Crippen molar-refractivity contribution >= 4 is 49.1 Å². The molecule has 0 bridgehead atoms. The fourth-order valence-electron chi connectivity index (χ4n) is 4.11. The SMILES string of the molecule is O=C(O)c1cccc2c1ccc1ccccc12.c1ccc2cc3ccccc3cc2c1. The van der Waals surface area contributed by atoms with Crippen molar-refractivity contribution in [3.05, 3.63) is 121 Å². The monoisotopic (exact) mass is 400 g/mol. The summed E-state index contributed by atoms with van der Waals surface area (Å²) in [6.45, 7) is 0. The van der Waals surface area contributed by atoms with Crippen molar-refractivity contribution in [1.82, 2.24) is 0 Å². The molecule has 0 saturated heterocycles. The molecule has 2 nitrogen and oxygen atoms in total. The van der Waals surface area contributed by atoms with Gasteiger partial charge in [-0.15, -0.1) is 0 Å². The van der Waals surface area contributed by atoms with Crippen molar-refractivity contribution in [2.24, 2.45) is 0 Å². The van der Waals surface area contributed by atoms with Crippen molar-refractivity contribution in [2.75, 3.05) is 0 Å². The van der Waals surface area contributed by atoms with Crippen LogP contribution < -0.4 is 0 Å². The maximum Gasteiger partial charge on any atom is 0.336 e. The molecule has 148 valence electrons. The highest BCUT2D eigenvalue weighted by Gasteiger charge is 2.09. The Bertz CT molecular complexity index is 1460. The first-order valence-corrected chi connectivity index (χ1v) is 10.2. The first kappa shape index (κ1) is 18.8. The third-order valence-corrected chi connectivity index (χ3v) is 5.63. The Balaban J connectivity index is 0.000000134. The predicted molar refractivity (Wildman–Crippen MR) is 130 cm³/mol. The van der Waals surface area contributed by atoms with Crippen LogP contribution in [0.3, 0.4) is 0 Å². The second kappa shape index (κ2) is 7.92. The molecule has 0 heterocycles. The number of carboxylic acids is 1. The normalized spacial score (nSPS) is 10.8. The van der Waals surface area contributed by atoms with Gasteiger partial charge in [0.25, 0.3) is 0 Å². The lowest BCUT2D eigenvalue weighted by Crippen LogP contribution is -1.97. The van der Waals surface area contributed by atoms with Crippen molar-refractivity contribution in [3.63, 3.8) is 0 Å². The minimum absolute atomic E-state index is 0.355. The van der Waals surface area contributed by atoms with Gasteiger partial charge in [0.05, 0.1) is 5.56 Å². The van der Waals surface area contributed by atoms with Crippen molar-refractivity contribution in [2.45, 2.75) is 0 Å². The molecule has 0 aromatic heterocycles. The van der Waals surface area contributed by atoms with E-state index in [9.17, 15) is 4.79 Å². The first-order valence-electron chi connectivity index (χ1n) is 10.2. The quantitative estimate of drug-likeness (QED) is 0.227. The Morgan fingerprint density at radius 3 is 1.48 bits per heavy atom. The van der Waals surface area contributed by atoms with Crippen LogP contribution in [0, 0.1) is 0 Å². The van der Waals surface area contributed by atoms with Crippen molar-refractivity contribution < 1.29 is 9.90 Å². The molecule has 1 N–H and O–H groups in total. The number of rotatable bonds is 1. The lowest BCUT2D eigenvalue weighted by atomic mass is 9.98. The Morgan fingerprint density at radius 2 is 0.935 bits per heavy atom. The third kappa shape index (κ3) is 3.60. The van der Waals surface area contributed by atoms with Gasteiger partial charge in [-0.2, -0.15) is 0 Å². The maximum atomic E-state index is 11.2. The Hall–Kier alpha value is -4.17. The van der Waals surface area contributed by atoms with E-state index in [1.807, 2.05) is 42.5 Å². The van der Waals surface area contributed by atoms with Gasteiger partial charge in [-0.25, -0.2) is 4.79 Å². The van der Waals surface area contributed by atoms with Gasteiger partial charge < -0.3 is 5.11 Å². The average molecular weight is 400 g/mol. The Labute approximate surface area is 180 Å². The highest BCUT2D eigenvalue weighted by Crippen LogP contribution is 2.27. The lowest BCUT2D eigenvalue weighted by molar-refractivity contribution is 0.0699. The summed E-state index contributed by atoms with van der Waals surface area (Å²) >= 11 is 0. The van der Waals surface area contributed by atoms with Crippen LogP contribution in [0.1, 0.15) is 10.4 Å².